The number of guanidine groups is 1. The maximum Gasteiger partial charge on any atom is 0.220 e. The standard InChI is InChI=1S/C21H22F2N4O3/c1-27(2)19(24)26-21(11-28)15-10-13(14-4-3-8-25-18(14)22)5-6-16(15)30-17-7-9-29-12-20(17,21)23/h3-6,8,10-11,17H,7,9,12H2,1-2H3,(H2,24,26). The summed E-state index contributed by atoms with van der Waals surface area (Å²) in [7, 11) is 3.28. The maximum absolute atomic E-state index is 16.5. The van der Waals surface area contributed by atoms with Crippen LogP contribution >= 0.6 is 0 Å². The van der Waals surface area contributed by atoms with Crippen LogP contribution in [0.4, 0.5) is 8.78 Å². The lowest BCUT2D eigenvalue weighted by Gasteiger charge is -2.49. The number of rotatable bonds is 3. The lowest BCUT2D eigenvalue weighted by Crippen LogP contribution is -2.65. The van der Waals surface area contributed by atoms with E-state index in [-0.39, 0.29) is 30.1 Å². The van der Waals surface area contributed by atoms with E-state index in [1.165, 1.54) is 17.2 Å². The van der Waals surface area contributed by atoms with Gasteiger partial charge in [0.2, 0.25) is 11.6 Å². The Balaban J connectivity index is 1.99. The molecule has 1 saturated heterocycles. The summed E-state index contributed by atoms with van der Waals surface area (Å²) in [5.41, 5.74) is 2.49. The molecule has 3 atom stereocenters. The Morgan fingerprint density at radius 3 is 2.90 bits per heavy atom. The van der Waals surface area contributed by atoms with Gasteiger partial charge < -0.3 is 24.9 Å². The average molecular weight is 416 g/mol. The SMILES string of the molecule is CN(C)C(N)=NC1(C=O)c2cc(-c3cccnc3F)ccc2OC2CCOCC21F. The number of aliphatic imine (C=N–C) groups is 1. The van der Waals surface area contributed by atoms with Gasteiger partial charge in [-0.3, -0.25) is 0 Å². The van der Waals surface area contributed by atoms with Crippen molar-refractivity contribution in [3.63, 3.8) is 0 Å². The number of carbonyl (C=O) groups excluding carboxylic acids is 1. The van der Waals surface area contributed by atoms with Gasteiger partial charge >= 0.3 is 0 Å². The number of nitrogens with zero attached hydrogens (tertiary/aromatic N) is 3. The number of aldehydes is 1. The molecule has 2 aliphatic rings. The fraction of sp³-hybridized carbons (Fsp3) is 0.381. The van der Waals surface area contributed by atoms with Crippen molar-refractivity contribution in [1.82, 2.24) is 9.88 Å². The normalized spacial score (nSPS) is 28.1. The lowest BCUT2D eigenvalue weighted by molar-refractivity contribution is -0.160. The van der Waals surface area contributed by atoms with E-state index in [1.807, 2.05) is 0 Å². The molecule has 9 heteroatoms. The van der Waals surface area contributed by atoms with Crippen LogP contribution in [0.5, 0.6) is 5.75 Å². The molecule has 0 bridgehead atoms. The van der Waals surface area contributed by atoms with Crippen LogP contribution < -0.4 is 10.5 Å². The second-order valence-corrected chi connectivity index (χ2v) is 7.61. The van der Waals surface area contributed by atoms with Crippen LogP contribution in [0.15, 0.2) is 41.5 Å². The predicted molar refractivity (Wildman–Crippen MR) is 106 cm³/mol. The molecule has 0 saturated carbocycles. The summed E-state index contributed by atoms with van der Waals surface area (Å²) in [5, 5.41) is 0. The first-order valence-corrected chi connectivity index (χ1v) is 9.50. The number of carbonyl (C=O) groups is 1. The highest BCUT2D eigenvalue weighted by atomic mass is 19.1. The molecule has 4 rings (SSSR count). The molecule has 30 heavy (non-hydrogen) atoms. The van der Waals surface area contributed by atoms with Gasteiger partial charge in [-0.1, -0.05) is 6.07 Å². The molecule has 0 spiro atoms. The topological polar surface area (TPSA) is 90.0 Å². The molecule has 2 aromatic rings. The van der Waals surface area contributed by atoms with Gasteiger partial charge in [-0.15, -0.1) is 0 Å². The zero-order chi connectivity index (χ0) is 21.5. The van der Waals surface area contributed by atoms with Crippen molar-refractivity contribution in [3.8, 4) is 16.9 Å². The third kappa shape index (κ3) is 2.92. The smallest absolute Gasteiger partial charge is 0.220 e. The molecule has 1 aromatic carbocycles. The molecule has 2 aliphatic heterocycles. The Hall–Kier alpha value is -3.07. The highest BCUT2D eigenvalue weighted by Crippen LogP contribution is 2.52. The summed E-state index contributed by atoms with van der Waals surface area (Å²) >= 11 is 0. The van der Waals surface area contributed by atoms with Gasteiger partial charge in [0, 0.05) is 37.8 Å². The summed E-state index contributed by atoms with van der Waals surface area (Å²) in [6, 6.07) is 7.86. The zero-order valence-corrected chi connectivity index (χ0v) is 16.6. The summed E-state index contributed by atoms with van der Waals surface area (Å²) in [4.78, 5) is 22.0. The van der Waals surface area contributed by atoms with Crippen LogP contribution in [0, 0.1) is 5.95 Å². The number of hydrogen-bond donors (Lipinski definition) is 1. The second-order valence-electron chi connectivity index (χ2n) is 7.61. The van der Waals surface area contributed by atoms with Crippen LogP contribution in [0.25, 0.3) is 11.1 Å². The molecular formula is C21H22F2N4O3. The fourth-order valence-corrected chi connectivity index (χ4v) is 3.94. The van der Waals surface area contributed by atoms with E-state index in [9.17, 15) is 9.18 Å². The van der Waals surface area contributed by atoms with Gasteiger partial charge in [-0.05, 0) is 29.8 Å². The molecule has 1 fully saturated rings. The van der Waals surface area contributed by atoms with E-state index < -0.39 is 23.3 Å². The van der Waals surface area contributed by atoms with Gasteiger partial charge in [0.15, 0.2) is 17.8 Å². The Kier molecular flexibility index (Phi) is 4.93. The molecule has 158 valence electrons. The first-order valence-electron chi connectivity index (χ1n) is 9.50. The molecule has 0 amide bonds. The molecule has 1 aromatic heterocycles. The third-order valence-corrected chi connectivity index (χ3v) is 5.63. The first-order chi connectivity index (χ1) is 14.3. The monoisotopic (exact) mass is 416 g/mol. The minimum Gasteiger partial charge on any atom is -0.486 e. The van der Waals surface area contributed by atoms with Crippen molar-refractivity contribution >= 4 is 12.2 Å². The average Bonchev–Trinajstić information content (AvgIpc) is 2.74. The van der Waals surface area contributed by atoms with Crippen molar-refractivity contribution in [2.24, 2.45) is 10.7 Å². The highest BCUT2D eigenvalue weighted by molar-refractivity contribution is 5.85. The number of nitrogens with two attached hydrogens (primary N) is 1. The number of benzene rings is 1. The molecule has 2 N–H and O–H groups in total. The Morgan fingerprint density at radius 1 is 1.40 bits per heavy atom. The Morgan fingerprint density at radius 2 is 2.20 bits per heavy atom. The molecule has 0 aliphatic carbocycles. The van der Waals surface area contributed by atoms with Gasteiger partial charge in [-0.2, -0.15) is 4.39 Å². The van der Waals surface area contributed by atoms with Gasteiger partial charge in [0.1, 0.15) is 11.9 Å². The molecule has 3 unspecified atom stereocenters. The van der Waals surface area contributed by atoms with E-state index in [0.29, 0.717) is 24.2 Å². The number of fused-ring (bicyclic) bond motifs is 2. The third-order valence-electron chi connectivity index (χ3n) is 5.63. The van der Waals surface area contributed by atoms with Crippen molar-refractivity contribution in [2.75, 3.05) is 27.3 Å². The summed E-state index contributed by atoms with van der Waals surface area (Å²) in [6.07, 6.45) is 1.08. The van der Waals surface area contributed by atoms with E-state index in [2.05, 4.69) is 9.98 Å². The molecule has 3 heterocycles. The van der Waals surface area contributed by atoms with Gasteiger partial charge in [0.25, 0.3) is 0 Å². The summed E-state index contributed by atoms with van der Waals surface area (Å²) in [6.45, 7) is -0.0853. The second kappa shape index (κ2) is 7.32. The number of alkyl halides is 1. The van der Waals surface area contributed by atoms with Crippen LogP contribution in [0.1, 0.15) is 12.0 Å². The minimum absolute atomic E-state index is 0.0331. The van der Waals surface area contributed by atoms with Crippen molar-refractivity contribution < 1.29 is 23.0 Å². The Labute approximate surface area is 172 Å². The van der Waals surface area contributed by atoms with Crippen LogP contribution in [-0.4, -0.2) is 61.2 Å². The quantitative estimate of drug-likeness (QED) is 0.357. The first kappa shape index (κ1) is 20.2. The van der Waals surface area contributed by atoms with Crippen LogP contribution in [0.3, 0.4) is 0 Å². The van der Waals surface area contributed by atoms with Crippen molar-refractivity contribution in [2.45, 2.75) is 23.7 Å². The minimum atomic E-state index is -2.28. The summed E-state index contributed by atoms with van der Waals surface area (Å²) < 4.78 is 42.1. The number of ether oxygens (including phenoxy) is 2. The largest absolute Gasteiger partial charge is 0.486 e. The Bertz CT molecular complexity index is 1020. The molecule has 0 radical (unpaired) electrons. The maximum atomic E-state index is 16.5. The van der Waals surface area contributed by atoms with Crippen LogP contribution in [0.2, 0.25) is 0 Å². The van der Waals surface area contributed by atoms with E-state index in [0.717, 1.165) is 0 Å². The highest BCUT2D eigenvalue weighted by Gasteiger charge is 2.65. The van der Waals surface area contributed by atoms with Gasteiger partial charge in [-0.25, -0.2) is 14.4 Å². The van der Waals surface area contributed by atoms with Gasteiger partial charge in [0.05, 0.1) is 13.2 Å². The summed E-state index contributed by atoms with van der Waals surface area (Å²) in [5.74, 6) is -0.420. The van der Waals surface area contributed by atoms with E-state index in [1.54, 1.807) is 38.4 Å². The molecule has 7 nitrogen and oxygen atoms in total. The zero-order valence-electron chi connectivity index (χ0n) is 16.6. The van der Waals surface area contributed by atoms with E-state index in [4.69, 9.17) is 15.2 Å². The predicted octanol–water partition coefficient (Wildman–Crippen LogP) is 2.05. The fourth-order valence-electron chi connectivity index (χ4n) is 3.94. The number of pyridine rings is 1. The number of aromatic nitrogens is 1. The molecular weight excluding hydrogens is 394 g/mol. The van der Waals surface area contributed by atoms with Crippen molar-refractivity contribution in [1.29, 1.82) is 0 Å². The van der Waals surface area contributed by atoms with Crippen molar-refractivity contribution in [3.05, 3.63) is 48.0 Å². The number of halogens is 2. The van der Waals surface area contributed by atoms with Crippen LogP contribution in [-0.2, 0) is 15.1 Å². The van der Waals surface area contributed by atoms with E-state index >= 15 is 4.39 Å². The lowest BCUT2D eigenvalue weighted by atomic mass is 9.70. The number of hydrogen-bond acceptors (Lipinski definition) is 5.